The van der Waals surface area contributed by atoms with E-state index in [0.717, 1.165) is 32.4 Å². The zero-order valence-corrected chi connectivity index (χ0v) is 7.97. The maximum absolute atomic E-state index is 11.4. The number of amides is 2. The maximum atomic E-state index is 11.4. The number of nitrogens with zero attached hydrogens (tertiary/aromatic N) is 1. The van der Waals surface area contributed by atoms with E-state index >= 15 is 0 Å². The molecule has 1 heterocycles. The van der Waals surface area contributed by atoms with Crippen molar-refractivity contribution in [3.63, 3.8) is 0 Å². The van der Waals surface area contributed by atoms with Crippen LogP contribution in [-0.4, -0.2) is 30.1 Å². The molecule has 1 aliphatic rings. The molecule has 0 unspecified atom stereocenters. The number of nitrogens with one attached hydrogen (secondary N) is 1. The molecule has 2 amide bonds. The molecule has 0 radical (unpaired) electrons. The van der Waals surface area contributed by atoms with Gasteiger partial charge in [-0.25, -0.2) is 4.79 Å². The second kappa shape index (κ2) is 4.33. The molecule has 1 aliphatic heterocycles. The van der Waals surface area contributed by atoms with Gasteiger partial charge in [0.2, 0.25) is 0 Å². The van der Waals surface area contributed by atoms with Gasteiger partial charge in [-0.2, -0.15) is 0 Å². The zero-order chi connectivity index (χ0) is 8.97. The Bertz CT molecular complexity index is 153. The van der Waals surface area contributed by atoms with Gasteiger partial charge in [0.1, 0.15) is 0 Å². The molecule has 0 aromatic rings. The third-order valence-electron chi connectivity index (χ3n) is 2.38. The quantitative estimate of drug-likeness (QED) is 0.670. The Labute approximate surface area is 74.1 Å². The molecule has 12 heavy (non-hydrogen) atoms. The van der Waals surface area contributed by atoms with Crippen molar-refractivity contribution in [2.24, 2.45) is 0 Å². The van der Waals surface area contributed by atoms with E-state index in [4.69, 9.17) is 0 Å². The molecule has 3 heteroatoms. The highest BCUT2D eigenvalue weighted by molar-refractivity contribution is 5.74. The summed E-state index contributed by atoms with van der Waals surface area (Å²) >= 11 is 0. The fourth-order valence-corrected chi connectivity index (χ4v) is 1.32. The number of urea groups is 1. The Balaban J connectivity index is 2.27. The Morgan fingerprint density at radius 3 is 2.58 bits per heavy atom. The molecule has 1 fully saturated rings. The van der Waals surface area contributed by atoms with Crippen LogP contribution < -0.4 is 5.32 Å². The molecule has 0 aromatic heterocycles. The molecule has 1 rings (SSSR count). The number of likely N-dealkylation sites (tertiary alicyclic amines) is 1. The third-order valence-corrected chi connectivity index (χ3v) is 2.38. The van der Waals surface area contributed by atoms with Crippen LogP contribution in [0.1, 0.15) is 33.1 Å². The monoisotopic (exact) mass is 170 g/mol. The van der Waals surface area contributed by atoms with E-state index in [1.54, 1.807) is 0 Å². The van der Waals surface area contributed by atoms with E-state index in [9.17, 15) is 4.79 Å². The largest absolute Gasteiger partial charge is 0.336 e. The van der Waals surface area contributed by atoms with Crippen LogP contribution >= 0.6 is 0 Å². The Morgan fingerprint density at radius 2 is 2.08 bits per heavy atom. The number of rotatable bonds is 2. The standard InChI is InChI=1S/C9H18N2O/c1-3-8(2)10-9(12)11-6-4-5-7-11/h8H,3-7H2,1-2H3,(H,10,12)/t8-/m1/s1. The first kappa shape index (κ1) is 9.36. The molecule has 0 aromatic carbocycles. The lowest BCUT2D eigenvalue weighted by atomic mass is 10.3. The maximum Gasteiger partial charge on any atom is 0.317 e. The van der Waals surface area contributed by atoms with Crippen molar-refractivity contribution in [1.82, 2.24) is 10.2 Å². The van der Waals surface area contributed by atoms with Crippen LogP contribution in [-0.2, 0) is 0 Å². The molecular formula is C9H18N2O. The van der Waals surface area contributed by atoms with Crippen molar-refractivity contribution in [2.75, 3.05) is 13.1 Å². The van der Waals surface area contributed by atoms with Crippen LogP contribution in [0.3, 0.4) is 0 Å². The van der Waals surface area contributed by atoms with Crippen LogP contribution in [0, 0.1) is 0 Å². The highest BCUT2D eigenvalue weighted by atomic mass is 16.2. The van der Waals surface area contributed by atoms with Crippen LogP contribution in [0.25, 0.3) is 0 Å². The van der Waals surface area contributed by atoms with Gasteiger partial charge in [-0.3, -0.25) is 0 Å². The fraction of sp³-hybridized carbons (Fsp3) is 0.889. The second-order valence-electron chi connectivity index (χ2n) is 3.45. The zero-order valence-electron chi connectivity index (χ0n) is 7.97. The number of carbonyl (C=O) groups excluding carboxylic acids is 1. The van der Waals surface area contributed by atoms with Gasteiger partial charge in [0.05, 0.1) is 0 Å². The van der Waals surface area contributed by atoms with Crippen molar-refractivity contribution in [1.29, 1.82) is 0 Å². The van der Waals surface area contributed by atoms with Crippen molar-refractivity contribution < 1.29 is 4.79 Å². The summed E-state index contributed by atoms with van der Waals surface area (Å²) in [6.07, 6.45) is 3.32. The van der Waals surface area contributed by atoms with Crippen LogP contribution in [0.2, 0.25) is 0 Å². The lowest BCUT2D eigenvalue weighted by Gasteiger charge is -2.19. The Morgan fingerprint density at radius 1 is 1.50 bits per heavy atom. The summed E-state index contributed by atoms with van der Waals surface area (Å²) in [7, 11) is 0. The predicted octanol–water partition coefficient (Wildman–Crippen LogP) is 1.59. The van der Waals surface area contributed by atoms with Crippen LogP contribution in [0.5, 0.6) is 0 Å². The summed E-state index contributed by atoms with van der Waals surface area (Å²) in [5.74, 6) is 0. The van der Waals surface area contributed by atoms with Gasteiger partial charge in [0, 0.05) is 19.1 Å². The lowest BCUT2D eigenvalue weighted by Crippen LogP contribution is -2.42. The van der Waals surface area contributed by atoms with Crippen molar-refractivity contribution in [2.45, 2.75) is 39.2 Å². The van der Waals surface area contributed by atoms with Crippen molar-refractivity contribution in [3.8, 4) is 0 Å². The molecule has 0 spiro atoms. The predicted molar refractivity (Wildman–Crippen MR) is 49.1 cm³/mol. The Hall–Kier alpha value is -0.730. The van der Waals surface area contributed by atoms with Crippen molar-refractivity contribution in [3.05, 3.63) is 0 Å². The minimum Gasteiger partial charge on any atom is -0.336 e. The molecule has 1 saturated heterocycles. The van der Waals surface area contributed by atoms with Gasteiger partial charge in [-0.1, -0.05) is 6.92 Å². The summed E-state index contributed by atoms with van der Waals surface area (Å²) in [6.45, 7) is 5.98. The SMILES string of the molecule is CC[C@@H](C)NC(=O)N1CCCC1. The van der Waals surface area contributed by atoms with E-state index in [1.807, 2.05) is 11.8 Å². The normalized spacial score (nSPS) is 19.3. The molecule has 1 atom stereocenters. The minimum absolute atomic E-state index is 0.113. The first-order chi connectivity index (χ1) is 5.74. The Kier molecular flexibility index (Phi) is 3.38. The summed E-state index contributed by atoms with van der Waals surface area (Å²) in [4.78, 5) is 13.3. The first-order valence-corrected chi connectivity index (χ1v) is 4.79. The molecule has 70 valence electrons. The van der Waals surface area contributed by atoms with E-state index in [2.05, 4.69) is 12.2 Å². The highest BCUT2D eigenvalue weighted by Gasteiger charge is 2.18. The average molecular weight is 170 g/mol. The van der Waals surface area contributed by atoms with E-state index in [0.29, 0.717) is 6.04 Å². The summed E-state index contributed by atoms with van der Waals surface area (Å²) in [5.41, 5.74) is 0. The van der Waals surface area contributed by atoms with Crippen LogP contribution in [0.15, 0.2) is 0 Å². The van der Waals surface area contributed by atoms with Gasteiger partial charge in [0.25, 0.3) is 0 Å². The van der Waals surface area contributed by atoms with Crippen molar-refractivity contribution >= 4 is 6.03 Å². The average Bonchev–Trinajstić information content (AvgIpc) is 2.56. The fourth-order valence-electron chi connectivity index (χ4n) is 1.32. The molecular weight excluding hydrogens is 152 g/mol. The van der Waals surface area contributed by atoms with E-state index < -0.39 is 0 Å². The third kappa shape index (κ3) is 2.40. The number of hydrogen-bond donors (Lipinski definition) is 1. The number of hydrogen-bond acceptors (Lipinski definition) is 1. The molecule has 0 saturated carbocycles. The summed E-state index contributed by atoms with van der Waals surface area (Å²) in [6, 6.07) is 0.417. The van der Waals surface area contributed by atoms with Gasteiger partial charge in [-0.05, 0) is 26.2 Å². The molecule has 0 aliphatic carbocycles. The van der Waals surface area contributed by atoms with Gasteiger partial charge in [-0.15, -0.1) is 0 Å². The summed E-state index contributed by atoms with van der Waals surface area (Å²) in [5, 5.41) is 2.96. The molecule has 0 bridgehead atoms. The highest BCUT2D eigenvalue weighted by Crippen LogP contribution is 2.07. The topological polar surface area (TPSA) is 32.3 Å². The number of carbonyl (C=O) groups is 1. The van der Waals surface area contributed by atoms with E-state index in [-0.39, 0.29) is 6.03 Å². The van der Waals surface area contributed by atoms with Gasteiger partial charge < -0.3 is 10.2 Å². The lowest BCUT2D eigenvalue weighted by molar-refractivity contribution is 0.205. The second-order valence-corrected chi connectivity index (χ2v) is 3.45. The smallest absolute Gasteiger partial charge is 0.317 e. The first-order valence-electron chi connectivity index (χ1n) is 4.79. The molecule has 3 nitrogen and oxygen atoms in total. The van der Waals surface area contributed by atoms with Gasteiger partial charge >= 0.3 is 6.03 Å². The minimum atomic E-state index is 0.113. The van der Waals surface area contributed by atoms with E-state index in [1.165, 1.54) is 0 Å². The van der Waals surface area contributed by atoms with Crippen LogP contribution in [0.4, 0.5) is 4.79 Å². The summed E-state index contributed by atoms with van der Waals surface area (Å²) < 4.78 is 0. The molecule has 1 N–H and O–H groups in total. The van der Waals surface area contributed by atoms with Gasteiger partial charge in [0.15, 0.2) is 0 Å².